The maximum Gasteiger partial charge on any atom is 0.230 e. The minimum atomic E-state index is -0.0319. The van der Waals surface area contributed by atoms with Crippen molar-refractivity contribution in [3.63, 3.8) is 0 Å². The van der Waals surface area contributed by atoms with Crippen molar-refractivity contribution < 1.29 is 4.79 Å². The second-order valence-electron chi connectivity index (χ2n) is 6.78. The summed E-state index contributed by atoms with van der Waals surface area (Å²) in [5.41, 5.74) is 3.19. The van der Waals surface area contributed by atoms with Gasteiger partial charge >= 0.3 is 0 Å². The van der Waals surface area contributed by atoms with Crippen LogP contribution in [0, 0.1) is 20.8 Å². The predicted octanol–water partition coefficient (Wildman–Crippen LogP) is 4.79. The molecular formula is C21H21N5OS3. The SMILES string of the molecule is Cc1ccc(-n2c(C)nnc2SCC(=O)NCc2ccc(-c3csc(C)n3)s2)cc1. The number of carbonyl (C=O) groups is 1. The van der Waals surface area contributed by atoms with Crippen molar-refractivity contribution in [2.45, 2.75) is 32.5 Å². The lowest BCUT2D eigenvalue weighted by Gasteiger charge is -2.09. The zero-order valence-corrected chi connectivity index (χ0v) is 19.3. The van der Waals surface area contributed by atoms with E-state index in [0.29, 0.717) is 11.7 Å². The fraction of sp³-hybridized carbons (Fsp3) is 0.238. The van der Waals surface area contributed by atoms with E-state index >= 15 is 0 Å². The van der Waals surface area contributed by atoms with E-state index in [1.54, 1.807) is 22.7 Å². The molecule has 30 heavy (non-hydrogen) atoms. The molecule has 4 aromatic rings. The molecule has 1 N–H and O–H groups in total. The minimum Gasteiger partial charge on any atom is -0.350 e. The van der Waals surface area contributed by atoms with Gasteiger partial charge in [0, 0.05) is 15.9 Å². The molecule has 0 aliphatic rings. The molecule has 154 valence electrons. The first-order valence-corrected chi connectivity index (χ1v) is 12.1. The largest absolute Gasteiger partial charge is 0.350 e. The number of nitrogens with one attached hydrogen (secondary N) is 1. The number of aromatic nitrogens is 4. The number of hydrogen-bond acceptors (Lipinski definition) is 7. The summed E-state index contributed by atoms with van der Waals surface area (Å²) in [6.07, 6.45) is 0. The van der Waals surface area contributed by atoms with E-state index in [0.717, 1.165) is 32.0 Å². The Kier molecular flexibility index (Phi) is 6.31. The normalized spacial score (nSPS) is 11.0. The molecule has 0 spiro atoms. The van der Waals surface area contributed by atoms with Gasteiger partial charge < -0.3 is 5.32 Å². The van der Waals surface area contributed by atoms with Crippen molar-refractivity contribution in [2.24, 2.45) is 0 Å². The van der Waals surface area contributed by atoms with Gasteiger partial charge in [-0.05, 0) is 45.0 Å². The number of carbonyl (C=O) groups excluding carboxylic acids is 1. The monoisotopic (exact) mass is 455 g/mol. The maximum absolute atomic E-state index is 12.4. The molecule has 9 heteroatoms. The lowest BCUT2D eigenvalue weighted by molar-refractivity contribution is -0.118. The molecule has 0 aliphatic heterocycles. The molecule has 0 unspecified atom stereocenters. The summed E-state index contributed by atoms with van der Waals surface area (Å²) < 4.78 is 1.97. The van der Waals surface area contributed by atoms with Crippen LogP contribution in [0.4, 0.5) is 0 Å². The van der Waals surface area contributed by atoms with E-state index in [1.807, 2.05) is 36.6 Å². The number of aryl methyl sites for hydroxylation is 3. The first-order chi connectivity index (χ1) is 14.5. The Bertz CT molecular complexity index is 1160. The number of amides is 1. The van der Waals surface area contributed by atoms with Crippen LogP contribution in [0.1, 0.15) is 21.3 Å². The van der Waals surface area contributed by atoms with Gasteiger partial charge in [-0.15, -0.1) is 32.9 Å². The first kappa shape index (κ1) is 20.8. The van der Waals surface area contributed by atoms with Crippen LogP contribution in [-0.2, 0) is 11.3 Å². The molecule has 0 radical (unpaired) electrons. The highest BCUT2D eigenvalue weighted by Crippen LogP contribution is 2.29. The number of benzene rings is 1. The third-order valence-electron chi connectivity index (χ3n) is 4.41. The highest BCUT2D eigenvalue weighted by atomic mass is 32.2. The molecular weight excluding hydrogens is 434 g/mol. The topological polar surface area (TPSA) is 72.7 Å². The smallest absolute Gasteiger partial charge is 0.230 e. The van der Waals surface area contributed by atoms with Gasteiger partial charge in [0.15, 0.2) is 5.16 Å². The van der Waals surface area contributed by atoms with Crippen LogP contribution < -0.4 is 5.32 Å². The van der Waals surface area contributed by atoms with Gasteiger partial charge in [-0.1, -0.05) is 29.5 Å². The van der Waals surface area contributed by atoms with Crippen LogP contribution in [-0.4, -0.2) is 31.4 Å². The summed E-state index contributed by atoms with van der Waals surface area (Å²) in [5.74, 6) is 1.05. The summed E-state index contributed by atoms with van der Waals surface area (Å²) in [6, 6.07) is 12.3. The molecule has 0 atom stereocenters. The molecule has 0 fully saturated rings. The van der Waals surface area contributed by atoms with E-state index in [-0.39, 0.29) is 11.7 Å². The number of thiazole rings is 1. The Morgan fingerprint density at radius 3 is 2.63 bits per heavy atom. The Labute approximate surface area is 187 Å². The lowest BCUT2D eigenvalue weighted by Crippen LogP contribution is -2.24. The molecule has 0 aliphatic carbocycles. The highest BCUT2D eigenvalue weighted by Gasteiger charge is 2.14. The van der Waals surface area contributed by atoms with Crippen molar-refractivity contribution in [3.8, 4) is 16.3 Å². The molecule has 6 nitrogen and oxygen atoms in total. The van der Waals surface area contributed by atoms with Crippen LogP contribution in [0.3, 0.4) is 0 Å². The Hall–Kier alpha value is -2.49. The van der Waals surface area contributed by atoms with Crippen molar-refractivity contribution in [2.75, 3.05) is 5.75 Å². The third-order valence-corrected chi connectivity index (χ3v) is 7.22. The number of nitrogens with zero attached hydrogens (tertiary/aromatic N) is 4. The van der Waals surface area contributed by atoms with Gasteiger partial charge in [-0.3, -0.25) is 9.36 Å². The number of thioether (sulfide) groups is 1. The number of rotatable bonds is 7. The fourth-order valence-electron chi connectivity index (χ4n) is 2.88. The average Bonchev–Trinajstić information content (AvgIpc) is 3.46. The van der Waals surface area contributed by atoms with Gasteiger partial charge in [0.05, 0.1) is 27.9 Å². The van der Waals surface area contributed by atoms with E-state index < -0.39 is 0 Å². The Balaban J connectivity index is 1.34. The Morgan fingerprint density at radius 1 is 1.10 bits per heavy atom. The molecule has 3 heterocycles. The Morgan fingerprint density at radius 2 is 1.90 bits per heavy atom. The van der Waals surface area contributed by atoms with Gasteiger partial charge in [0.1, 0.15) is 5.82 Å². The van der Waals surface area contributed by atoms with Crippen LogP contribution in [0.2, 0.25) is 0 Å². The quantitative estimate of drug-likeness (QED) is 0.406. The standard InChI is InChI=1S/C21H21N5OS3/c1-13-4-6-16(7-5-13)26-14(2)24-25-21(26)29-12-20(27)22-10-17-8-9-19(30-17)18-11-28-15(3)23-18/h4-9,11H,10,12H2,1-3H3,(H,22,27). The van der Waals surface area contributed by atoms with Crippen LogP contribution in [0.5, 0.6) is 0 Å². The molecule has 3 aromatic heterocycles. The molecule has 4 rings (SSSR count). The number of hydrogen-bond donors (Lipinski definition) is 1. The summed E-state index contributed by atoms with van der Waals surface area (Å²) in [5, 5.41) is 15.2. The first-order valence-electron chi connectivity index (χ1n) is 9.39. The van der Waals surface area contributed by atoms with E-state index in [2.05, 4.69) is 51.0 Å². The summed E-state index contributed by atoms with van der Waals surface area (Å²) >= 11 is 4.69. The van der Waals surface area contributed by atoms with Crippen LogP contribution in [0.25, 0.3) is 16.3 Å². The van der Waals surface area contributed by atoms with Gasteiger partial charge in [0.2, 0.25) is 5.91 Å². The molecule has 0 saturated carbocycles. The van der Waals surface area contributed by atoms with E-state index in [4.69, 9.17) is 0 Å². The number of thiophene rings is 1. The molecule has 1 aromatic carbocycles. The van der Waals surface area contributed by atoms with Crippen LogP contribution in [0.15, 0.2) is 46.9 Å². The van der Waals surface area contributed by atoms with Gasteiger partial charge in [0.25, 0.3) is 0 Å². The predicted molar refractivity (Wildman–Crippen MR) is 124 cm³/mol. The van der Waals surface area contributed by atoms with E-state index in [1.165, 1.54) is 17.3 Å². The second-order valence-corrected chi connectivity index (χ2v) is 9.96. The molecule has 0 saturated heterocycles. The lowest BCUT2D eigenvalue weighted by atomic mass is 10.2. The molecule has 0 bridgehead atoms. The molecule has 1 amide bonds. The fourth-order valence-corrected chi connectivity index (χ4v) is 5.30. The average molecular weight is 456 g/mol. The second kappa shape index (κ2) is 9.11. The van der Waals surface area contributed by atoms with Crippen molar-refractivity contribution in [1.29, 1.82) is 0 Å². The van der Waals surface area contributed by atoms with Crippen molar-refractivity contribution in [3.05, 3.63) is 63.1 Å². The van der Waals surface area contributed by atoms with Gasteiger partial charge in [-0.2, -0.15) is 0 Å². The third kappa shape index (κ3) is 4.80. The summed E-state index contributed by atoms with van der Waals surface area (Å²) in [6.45, 7) is 6.48. The van der Waals surface area contributed by atoms with Gasteiger partial charge in [-0.25, -0.2) is 4.98 Å². The summed E-state index contributed by atoms with van der Waals surface area (Å²) in [7, 11) is 0. The van der Waals surface area contributed by atoms with Crippen molar-refractivity contribution >= 4 is 40.3 Å². The maximum atomic E-state index is 12.4. The highest BCUT2D eigenvalue weighted by molar-refractivity contribution is 7.99. The zero-order valence-electron chi connectivity index (χ0n) is 16.9. The summed E-state index contributed by atoms with van der Waals surface area (Å²) in [4.78, 5) is 19.1. The minimum absolute atomic E-state index is 0.0319. The van der Waals surface area contributed by atoms with Crippen molar-refractivity contribution in [1.82, 2.24) is 25.1 Å². The van der Waals surface area contributed by atoms with E-state index in [9.17, 15) is 4.79 Å². The zero-order chi connectivity index (χ0) is 21.1. The van der Waals surface area contributed by atoms with Crippen LogP contribution >= 0.6 is 34.4 Å².